The van der Waals surface area contributed by atoms with Crippen molar-refractivity contribution in [3.8, 4) is 46.4 Å². The summed E-state index contributed by atoms with van der Waals surface area (Å²) in [6.07, 6.45) is 1.66. The summed E-state index contributed by atoms with van der Waals surface area (Å²) < 4.78 is 31.1. The summed E-state index contributed by atoms with van der Waals surface area (Å²) in [6.45, 7) is 0.348. The Kier molecular flexibility index (Phi) is 11.5. The van der Waals surface area contributed by atoms with Gasteiger partial charge in [-0.15, -0.1) is 0 Å². The number of hydrogen-bond acceptors (Lipinski definition) is 10. The maximum absolute atomic E-state index is 15.3. The van der Waals surface area contributed by atoms with Gasteiger partial charge in [0.05, 0.1) is 69.1 Å². The second kappa shape index (κ2) is 16.7. The number of nitrogens with zero attached hydrogens (tertiary/aromatic N) is 3. The molecule has 5 aromatic rings. The molecule has 54 heavy (non-hydrogen) atoms. The zero-order chi connectivity index (χ0) is 38.2. The molecule has 0 unspecified atom stereocenters. The van der Waals surface area contributed by atoms with Crippen LogP contribution in [-0.2, 0) is 11.3 Å². The Morgan fingerprint density at radius 1 is 0.926 bits per heavy atom. The molecule has 13 heteroatoms. The third-order valence-electron chi connectivity index (χ3n) is 8.22. The van der Waals surface area contributed by atoms with Crippen molar-refractivity contribution in [3.63, 3.8) is 0 Å². The lowest BCUT2D eigenvalue weighted by molar-refractivity contribution is 0.0600. The molecule has 4 N–H and O–H groups in total. The van der Waals surface area contributed by atoms with Crippen molar-refractivity contribution in [1.82, 2.24) is 15.3 Å². The molecule has 0 bridgehead atoms. The lowest BCUT2D eigenvalue weighted by atomic mass is 9.94. The van der Waals surface area contributed by atoms with Crippen LogP contribution in [0.2, 0.25) is 5.02 Å². The number of nitrogens with two attached hydrogens (primary N) is 1. The molecular weight excluding hydrogens is 711 g/mol. The van der Waals surface area contributed by atoms with Crippen LogP contribution < -0.4 is 25.8 Å². The van der Waals surface area contributed by atoms with Crippen molar-refractivity contribution >= 4 is 40.8 Å². The van der Waals surface area contributed by atoms with Crippen molar-refractivity contribution in [2.75, 3.05) is 39.7 Å². The molecule has 1 aliphatic heterocycles. The molecule has 11 nitrogen and oxygen atoms in total. The Balaban J connectivity index is 1.19. The van der Waals surface area contributed by atoms with Gasteiger partial charge in [0.2, 0.25) is 5.95 Å². The average Bonchev–Trinajstić information content (AvgIpc) is 3.34. The van der Waals surface area contributed by atoms with E-state index in [1.165, 1.54) is 27.4 Å². The van der Waals surface area contributed by atoms with Gasteiger partial charge >= 0.3 is 5.97 Å². The van der Waals surface area contributed by atoms with Crippen molar-refractivity contribution in [3.05, 3.63) is 129 Å². The van der Waals surface area contributed by atoms with E-state index in [9.17, 15) is 9.59 Å². The number of methoxy groups -OCH3 is 3. The third kappa shape index (κ3) is 8.01. The summed E-state index contributed by atoms with van der Waals surface area (Å²) >= 11 is 6.43. The number of aliphatic imine (C=N–C) groups is 1. The molecule has 0 aliphatic carbocycles. The summed E-state index contributed by atoms with van der Waals surface area (Å²) in [5.41, 5.74) is 10.9. The summed E-state index contributed by atoms with van der Waals surface area (Å²) in [4.78, 5) is 39.3. The number of carbonyl (C=O) groups is 2. The van der Waals surface area contributed by atoms with Crippen LogP contribution in [-0.4, -0.2) is 62.0 Å². The van der Waals surface area contributed by atoms with Crippen molar-refractivity contribution in [1.29, 1.82) is 0 Å². The van der Waals surface area contributed by atoms with Gasteiger partial charge in [-0.1, -0.05) is 47.4 Å². The quantitative estimate of drug-likeness (QED) is 0.130. The Morgan fingerprint density at radius 2 is 1.74 bits per heavy atom. The predicted octanol–water partition coefficient (Wildman–Crippen LogP) is 5.93. The summed E-state index contributed by atoms with van der Waals surface area (Å²) in [6, 6.07) is 19.8. The van der Waals surface area contributed by atoms with Gasteiger partial charge in [0.1, 0.15) is 17.3 Å². The van der Waals surface area contributed by atoms with Crippen LogP contribution in [0.15, 0.2) is 84.0 Å². The second-order valence-corrected chi connectivity index (χ2v) is 12.0. The fraction of sp³-hybridized carbons (Fsp3) is 0.146. The van der Waals surface area contributed by atoms with E-state index in [0.29, 0.717) is 61.4 Å². The normalized spacial score (nSPS) is 11.2. The van der Waals surface area contributed by atoms with Gasteiger partial charge in [0.25, 0.3) is 5.91 Å². The zero-order valence-electron chi connectivity index (χ0n) is 29.3. The molecule has 1 aromatic heterocycles. The standard InChI is InChI=1S/C41H32ClFN6O5/c1-52-34-10-4-9-33(43)36(34)38-32-20-27(42)12-15-30(32)37-26(22-46-38)23-47-41(49-37)48-28-13-16-31(35(21-28)53-2)39(50)45-18-6-7-24-11-14-29(40(51)54-3)25(19-24)8-5-17-44/h4,9-16,19-21,23H,17-18,22,44H2,1-3H3,(H,45,50)(H,47,48,49). The number of halogens is 2. The first-order chi connectivity index (χ1) is 26.2. The maximum atomic E-state index is 15.3. The first-order valence-corrected chi connectivity index (χ1v) is 16.8. The molecule has 4 aromatic carbocycles. The number of nitrogens with one attached hydrogen (secondary N) is 2. The SMILES string of the molecule is COC(=O)c1ccc(C#CCNC(=O)c2ccc(Nc3ncc4c(n3)-c3ccc(Cl)cc3C(c3c(F)cccc3OC)=NC4)cc2OC)cc1C#CCN. The lowest BCUT2D eigenvalue weighted by Gasteiger charge is -2.15. The molecule has 1 aliphatic rings. The van der Waals surface area contributed by atoms with E-state index >= 15 is 4.39 Å². The fourth-order valence-corrected chi connectivity index (χ4v) is 5.89. The Bertz CT molecular complexity index is 2450. The number of fused-ring (bicyclic) bond motifs is 3. The number of benzene rings is 4. The molecule has 0 atom stereocenters. The Labute approximate surface area is 315 Å². The monoisotopic (exact) mass is 742 g/mol. The van der Waals surface area contributed by atoms with Crippen LogP contribution in [0.25, 0.3) is 11.3 Å². The van der Waals surface area contributed by atoms with Gasteiger partial charge in [-0.2, -0.15) is 0 Å². The molecule has 6 rings (SSSR count). The minimum absolute atomic E-state index is 0.0370. The van der Waals surface area contributed by atoms with Gasteiger partial charge in [0, 0.05) is 50.8 Å². The summed E-state index contributed by atoms with van der Waals surface area (Å²) in [5.74, 6) is 11.0. The van der Waals surface area contributed by atoms with Crippen LogP contribution in [0.1, 0.15) is 48.5 Å². The number of rotatable bonds is 8. The second-order valence-electron chi connectivity index (χ2n) is 11.5. The minimum Gasteiger partial charge on any atom is -0.496 e. The number of aromatic nitrogens is 2. The number of esters is 1. The van der Waals surface area contributed by atoms with E-state index in [-0.39, 0.29) is 36.7 Å². The number of carbonyl (C=O) groups excluding carboxylic acids is 2. The topological polar surface area (TPSA) is 150 Å². The first-order valence-electron chi connectivity index (χ1n) is 16.4. The number of ether oxygens (including phenoxy) is 3. The molecular formula is C41H32ClFN6O5. The van der Waals surface area contributed by atoms with E-state index in [0.717, 1.165) is 5.56 Å². The predicted molar refractivity (Wildman–Crippen MR) is 204 cm³/mol. The smallest absolute Gasteiger partial charge is 0.339 e. The highest BCUT2D eigenvalue weighted by Gasteiger charge is 2.26. The molecule has 0 spiro atoms. The molecule has 1 amide bonds. The highest BCUT2D eigenvalue weighted by atomic mass is 35.5. The van der Waals surface area contributed by atoms with Gasteiger partial charge in [-0.05, 0) is 54.6 Å². The highest BCUT2D eigenvalue weighted by molar-refractivity contribution is 6.31. The lowest BCUT2D eigenvalue weighted by Crippen LogP contribution is -2.24. The van der Waals surface area contributed by atoms with Crippen molar-refractivity contribution in [2.24, 2.45) is 10.7 Å². The highest BCUT2D eigenvalue weighted by Crippen LogP contribution is 2.36. The third-order valence-corrected chi connectivity index (χ3v) is 8.45. The Hall–Kier alpha value is -6.73. The van der Waals surface area contributed by atoms with E-state index in [1.807, 2.05) is 6.07 Å². The minimum atomic E-state index is -0.520. The van der Waals surface area contributed by atoms with E-state index in [2.05, 4.69) is 39.3 Å². The molecule has 270 valence electrons. The van der Waals surface area contributed by atoms with Crippen molar-refractivity contribution < 1.29 is 28.2 Å². The number of hydrogen-bond donors (Lipinski definition) is 3. The Morgan fingerprint density at radius 3 is 2.52 bits per heavy atom. The van der Waals surface area contributed by atoms with Crippen molar-refractivity contribution in [2.45, 2.75) is 6.54 Å². The zero-order valence-corrected chi connectivity index (χ0v) is 30.1. The van der Waals surface area contributed by atoms with Gasteiger partial charge in [0.15, 0.2) is 0 Å². The van der Waals surface area contributed by atoms with Gasteiger partial charge in [-0.3, -0.25) is 9.79 Å². The summed E-state index contributed by atoms with van der Waals surface area (Å²) in [5, 5.41) is 6.41. The maximum Gasteiger partial charge on any atom is 0.339 e. The number of anilines is 2. The van der Waals surface area contributed by atoms with E-state index < -0.39 is 17.7 Å². The molecule has 2 heterocycles. The fourth-order valence-electron chi connectivity index (χ4n) is 5.71. The van der Waals surface area contributed by atoms with Gasteiger partial charge < -0.3 is 30.6 Å². The first kappa shape index (κ1) is 37.0. The van der Waals surface area contributed by atoms with E-state index in [1.54, 1.807) is 66.9 Å². The molecule has 0 saturated heterocycles. The number of amides is 1. The summed E-state index contributed by atoms with van der Waals surface area (Å²) in [7, 11) is 4.23. The largest absolute Gasteiger partial charge is 0.496 e. The van der Waals surface area contributed by atoms with Crippen LogP contribution in [0.5, 0.6) is 11.5 Å². The van der Waals surface area contributed by atoms with Crippen LogP contribution in [0.3, 0.4) is 0 Å². The van der Waals surface area contributed by atoms with E-state index in [4.69, 9.17) is 41.5 Å². The van der Waals surface area contributed by atoms with Crippen LogP contribution in [0, 0.1) is 29.5 Å². The van der Waals surface area contributed by atoms with Crippen LogP contribution >= 0.6 is 11.6 Å². The van der Waals surface area contributed by atoms with Crippen LogP contribution in [0.4, 0.5) is 16.0 Å². The average molecular weight is 743 g/mol. The molecule has 0 radical (unpaired) electrons. The molecule has 0 fully saturated rings. The molecule has 0 saturated carbocycles. The van der Waals surface area contributed by atoms with Gasteiger partial charge in [-0.25, -0.2) is 19.2 Å².